The van der Waals surface area contributed by atoms with Crippen molar-refractivity contribution < 1.29 is 14.2 Å². The quantitative estimate of drug-likeness (QED) is 0.407. The summed E-state index contributed by atoms with van der Waals surface area (Å²) in [4.78, 5) is 13.4. The van der Waals surface area contributed by atoms with Crippen LogP contribution in [-0.4, -0.2) is 39.7 Å². The third-order valence-corrected chi connectivity index (χ3v) is 9.59. The first-order chi connectivity index (χ1) is 14.6. The minimum atomic E-state index is -1.51. The second-order valence-corrected chi connectivity index (χ2v) is 11.3. The zero-order valence-corrected chi connectivity index (χ0v) is 18.6. The van der Waals surface area contributed by atoms with Crippen molar-refractivity contribution in [1.29, 1.82) is 0 Å². The Morgan fingerprint density at radius 1 is 1.07 bits per heavy atom. The van der Waals surface area contributed by atoms with E-state index in [0.717, 1.165) is 50.5 Å². The maximum Gasteiger partial charge on any atom is 0.262 e. The Labute approximate surface area is 182 Å². The maximum absolute atomic E-state index is 13.6. The Morgan fingerprint density at radius 3 is 2.43 bits per heavy atom. The lowest BCUT2D eigenvalue weighted by atomic mass is 9.77. The van der Waals surface area contributed by atoms with Crippen LogP contribution in [0.1, 0.15) is 64.2 Å². The number of hydrogen-bond donors (Lipinski definition) is 4. The van der Waals surface area contributed by atoms with Crippen molar-refractivity contribution in [3.8, 4) is 0 Å². The molecule has 30 heavy (non-hydrogen) atoms. The lowest BCUT2D eigenvalue weighted by Crippen LogP contribution is -2.48. The summed E-state index contributed by atoms with van der Waals surface area (Å²) in [5.74, 6) is 0.236. The number of hydroxylamine groups is 1. The highest BCUT2D eigenvalue weighted by Crippen LogP contribution is 2.53. The number of nitrogens with one attached hydrogen (secondary N) is 3. The summed E-state index contributed by atoms with van der Waals surface area (Å²) in [6, 6.07) is 7.68. The van der Waals surface area contributed by atoms with Crippen molar-refractivity contribution >= 4 is 22.4 Å². The predicted molar refractivity (Wildman–Crippen MR) is 119 cm³/mol. The van der Waals surface area contributed by atoms with E-state index in [9.17, 15) is 14.2 Å². The van der Waals surface area contributed by atoms with Crippen LogP contribution in [0.15, 0.2) is 29.2 Å². The molecule has 0 aromatic heterocycles. The Kier molecular flexibility index (Phi) is 6.80. The summed E-state index contributed by atoms with van der Waals surface area (Å²) in [7, 11) is -1.51. The van der Waals surface area contributed by atoms with Gasteiger partial charge in [0.2, 0.25) is 0 Å². The Bertz CT molecular complexity index is 757. The largest absolute Gasteiger partial charge is 0.385 e. The molecule has 1 aromatic carbocycles. The van der Waals surface area contributed by atoms with Crippen molar-refractivity contribution in [1.82, 2.24) is 10.8 Å². The number of amides is 1. The average Bonchev–Trinajstić information content (AvgIpc) is 3.18. The molecule has 1 aliphatic heterocycles. The first-order valence-corrected chi connectivity index (χ1v) is 12.6. The minimum absolute atomic E-state index is 0.0505. The van der Waals surface area contributed by atoms with E-state index in [-0.39, 0.29) is 5.41 Å². The van der Waals surface area contributed by atoms with Gasteiger partial charge in [0, 0.05) is 17.1 Å². The zero-order valence-electron chi connectivity index (χ0n) is 17.8. The van der Waals surface area contributed by atoms with E-state index in [1.165, 1.54) is 32.1 Å². The van der Waals surface area contributed by atoms with Gasteiger partial charge in [0.25, 0.3) is 5.91 Å². The van der Waals surface area contributed by atoms with E-state index in [2.05, 4.69) is 10.6 Å². The zero-order chi connectivity index (χ0) is 21.0. The van der Waals surface area contributed by atoms with Crippen molar-refractivity contribution in [2.45, 2.75) is 73.9 Å². The Hall–Kier alpha value is -1.44. The maximum atomic E-state index is 13.6. The molecule has 0 radical (unpaired) electrons. The van der Waals surface area contributed by atoms with E-state index in [0.29, 0.717) is 17.7 Å². The van der Waals surface area contributed by atoms with Crippen molar-refractivity contribution in [2.24, 2.45) is 11.3 Å². The van der Waals surface area contributed by atoms with Gasteiger partial charge in [-0.3, -0.25) is 14.2 Å². The molecule has 3 fully saturated rings. The van der Waals surface area contributed by atoms with Gasteiger partial charge in [-0.05, 0) is 93.6 Å². The van der Waals surface area contributed by atoms with Crippen LogP contribution in [0.3, 0.4) is 0 Å². The smallest absolute Gasteiger partial charge is 0.262 e. The molecule has 2 unspecified atom stereocenters. The van der Waals surface area contributed by atoms with Crippen LogP contribution < -0.4 is 16.1 Å². The fourth-order valence-corrected chi connectivity index (χ4v) is 7.52. The van der Waals surface area contributed by atoms with Gasteiger partial charge in [0.05, 0.1) is 10.8 Å². The second-order valence-electron chi connectivity index (χ2n) is 9.54. The molecule has 7 heteroatoms. The van der Waals surface area contributed by atoms with Crippen molar-refractivity contribution in [2.75, 3.05) is 25.0 Å². The molecule has 1 amide bonds. The molecule has 2 atom stereocenters. The van der Waals surface area contributed by atoms with Crippen LogP contribution in [-0.2, 0) is 15.6 Å². The van der Waals surface area contributed by atoms with Gasteiger partial charge >= 0.3 is 0 Å². The first-order valence-electron chi connectivity index (χ1n) is 11.5. The second kappa shape index (κ2) is 9.37. The number of carbonyl (C=O) groups excluding carboxylic acids is 1. The highest BCUT2D eigenvalue weighted by atomic mass is 32.2. The molecular formula is C23H35N3O3S. The molecule has 4 N–H and O–H groups in total. The highest BCUT2D eigenvalue weighted by Gasteiger charge is 2.56. The van der Waals surface area contributed by atoms with Gasteiger partial charge in [0.1, 0.15) is 4.75 Å². The summed E-state index contributed by atoms with van der Waals surface area (Å²) in [5, 5.41) is 16.3. The van der Waals surface area contributed by atoms with E-state index < -0.39 is 21.5 Å². The molecule has 1 aromatic rings. The molecule has 6 nitrogen and oxygen atoms in total. The fourth-order valence-electron chi connectivity index (χ4n) is 5.75. The Balaban J connectivity index is 1.46. The predicted octanol–water partition coefficient (Wildman–Crippen LogP) is 3.58. The molecule has 3 aliphatic rings. The lowest BCUT2D eigenvalue weighted by Gasteiger charge is -2.36. The molecule has 1 heterocycles. The van der Waals surface area contributed by atoms with Crippen LogP contribution in [0.5, 0.6) is 0 Å². The number of piperidine rings is 1. The molecule has 2 aliphatic carbocycles. The van der Waals surface area contributed by atoms with Gasteiger partial charge in [-0.2, -0.15) is 0 Å². The molecule has 0 bridgehead atoms. The van der Waals surface area contributed by atoms with E-state index in [1.54, 1.807) is 0 Å². The fraction of sp³-hybridized carbons (Fsp3) is 0.696. The van der Waals surface area contributed by atoms with Gasteiger partial charge in [-0.1, -0.05) is 19.3 Å². The standard InChI is InChI=1S/C23H35N3O3S/c27-21(26-28)23(11-10-22(17-23)12-14-24-15-13-22)30(29)20-8-6-19(7-9-20)25-16-18-4-2-1-3-5-18/h6-9,18,24-25,28H,1-5,10-17H2,(H,26,27). The lowest BCUT2D eigenvalue weighted by molar-refractivity contribution is -0.132. The molecule has 1 saturated heterocycles. The number of rotatable bonds is 6. The van der Waals surface area contributed by atoms with E-state index in [4.69, 9.17) is 0 Å². The third kappa shape index (κ3) is 4.43. The molecule has 1 spiro atoms. The first kappa shape index (κ1) is 21.8. The van der Waals surface area contributed by atoms with Gasteiger partial charge in [-0.25, -0.2) is 5.48 Å². The average molecular weight is 434 g/mol. The number of anilines is 1. The number of carbonyl (C=O) groups is 1. The van der Waals surface area contributed by atoms with Crippen LogP contribution >= 0.6 is 0 Å². The monoisotopic (exact) mass is 433 g/mol. The van der Waals surface area contributed by atoms with Crippen LogP contribution in [0.2, 0.25) is 0 Å². The summed E-state index contributed by atoms with van der Waals surface area (Å²) in [5.41, 5.74) is 2.91. The van der Waals surface area contributed by atoms with Crippen LogP contribution in [0.25, 0.3) is 0 Å². The topological polar surface area (TPSA) is 90.5 Å². The molecule has 2 saturated carbocycles. The number of hydrogen-bond acceptors (Lipinski definition) is 5. The van der Waals surface area contributed by atoms with Crippen molar-refractivity contribution in [3.63, 3.8) is 0 Å². The van der Waals surface area contributed by atoms with Crippen molar-refractivity contribution in [3.05, 3.63) is 24.3 Å². The SMILES string of the molecule is O=C(NO)C1(S(=O)c2ccc(NCC3CCCCC3)cc2)CCC2(CCNCC2)C1. The van der Waals surface area contributed by atoms with Crippen LogP contribution in [0.4, 0.5) is 5.69 Å². The summed E-state index contributed by atoms with van der Waals surface area (Å²) < 4.78 is 12.6. The number of benzene rings is 1. The highest BCUT2D eigenvalue weighted by molar-refractivity contribution is 7.87. The van der Waals surface area contributed by atoms with Gasteiger partial charge in [-0.15, -0.1) is 0 Å². The summed E-state index contributed by atoms with van der Waals surface area (Å²) in [6.45, 7) is 2.85. The van der Waals surface area contributed by atoms with E-state index in [1.807, 2.05) is 29.7 Å². The van der Waals surface area contributed by atoms with Gasteiger partial charge in [0.15, 0.2) is 0 Å². The third-order valence-electron chi connectivity index (χ3n) is 7.64. The van der Waals surface area contributed by atoms with Crippen LogP contribution in [0, 0.1) is 11.3 Å². The Morgan fingerprint density at radius 2 is 1.77 bits per heavy atom. The summed E-state index contributed by atoms with van der Waals surface area (Å²) in [6.07, 6.45) is 10.6. The molecular weight excluding hydrogens is 398 g/mol. The molecule has 4 rings (SSSR count). The normalized spacial score (nSPS) is 27.6. The van der Waals surface area contributed by atoms with E-state index >= 15 is 0 Å². The minimum Gasteiger partial charge on any atom is -0.385 e. The summed E-state index contributed by atoms with van der Waals surface area (Å²) >= 11 is 0. The molecule has 166 valence electrons. The van der Waals surface area contributed by atoms with Gasteiger partial charge < -0.3 is 10.6 Å².